The number of carbonyl (C=O) groups is 1. The van der Waals surface area contributed by atoms with E-state index in [0.29, 0.717) is 18.0 Å². The molecule has 2 heteroatoms. The van der Waals surface area contributed by atoms with Crippen molar-refractivity contribution < 1.29 is 4.79 Å². The van der Waals surface area contributed by atoms with Crippen molar-refractivity contribution in [2.75, 3.05) is 6.54 Å². The molecule has 2 nitrogen and oxygen atoms in total. The first-order chi connectivity index (χ1) is 6.19. The molecule has 0 saturated carbocycles. The van der Waals surface area contributed by atoms with Gasteiger partial charge in [0.1, 0.15) is 6.29 Å². The van der Waals surface area contributed by atoms with Gasteiger partial charge in [0.2, 0.25) is 0 Å². The molecule has 3 atom stereocenters. The van der Waals surface area contributed by atoms with E-state index in [1.807, 2.05) is 0 Å². The molecule has 1 aliphatic rings. The Kier molecular flexibility index (Phi) is 3.91. The fourth-order valence-corrected chi connectivity index (χ4v) is 2.49. The van der Waals surface area contributed by atoms with Crippen LogP contribution in [0.4, 0.5) is 0 Å². The van der Waals surface area contributed by atoms with Crippen LogP contribution < -0.4 is 0 Å². The number of hydrogen-bond acceptors (Lipinski definition) is 2. The van der Waals surface area contributed by atoms with Crippen LogP contribution in [0.2, 0.25) is 0 Å². The van der Waals surface area contributed by atoms with E-state index in [1.165, 1.54) is 13.0 Å². The van der Waals surface area contributed by atoms with Gasteiger partial charge in [-0.25, -0.2) is 0 Å². The summed E-state index contributed by atoms with van der Waals surface area (Å²) in [4.78, 5) is 13.2. The molecule has 1 unspecified atom stereocenters. The lowest BCUT2D eigenvalue weighted by molar-refractivity contribution is -0.113. The predicted molar refractivity (Wildman–Crippen MR) is 54.7 cm³/mol. The van der Waals surface area contributed by atoms with E-state index in [2.05, 4.69) is 25.7 Å². The van der Waals surface area contributed by atoms with Gasteiger partial charge in [0, 0.05) is 18.0 Å². The highest BCUT2D eigenvalue weighted by atomic mass is 16.1. The predicted octanol–water partition coefficient (Wildman–Crippen LogP) is 2.08. The maximum absolute atomic E-state index is 10.7. The average molecular weight is 183 g/mol. The highest BCUT2D eigenvalue weighted by Crippen LogP contribution is 2.26. The standard InChI is InChI=1S/C11H21NO/c1-4-5-12-9(2)6-11(8-13)7-10(12)3/h8-11H,4-7H2,1-3H3/t9-,10+,11?. The van der Waals surface area contributed by atoms with Crippen LogP contribution in [-0.4, -0.2) is 29.8 Å². The van der Waals surface area contributed by atoms with Gasteiger partial charge in [-0.05, 0) is 39.7 Å². The Morgan fingerprint density at radius 1 is 1.31 bits per heavy atom. The molecule has 0 spiro atoms. The number of aldehydes is 1. The van der Waals surface area contributed by atoms with Gasteiger partial charge in [-0.1, -0.05) is 6.92 Å². The van der Waals surface area contributed by atoms with Crippen molar-refractivity contribution in [2.24, 2.45) is 5.92 Å². The van der Waals surface area contributed by atoms with Crippen LogP contribution in [0.3, 0.4) is 0 Å². The number of piperidine rings is 1. The molecule has 0 aliphatic carbocycles. The molecule has 13 heavy (non-hydrogen) atoms. The third-order valence-electron chi connectivity index (χ3n) is 3.09. The van der Waals surface area contributed by atoms with Crippen LogP contribution in [0.25, 0.3) is 0 Å². The van der Waals surface area contributed by atoms with Gasteiger partial charge < -0.3 is 4.79 Å². The quantitative estimate of drug-likeness (QED) is 0.624. The minimum Gasteiger partial charge on any atom is -0.303 e. The summed E-state index contributed by atoms with van der Waals surface area (Å²) in [6, 6.07) is 1.16. The van der Waals surface area contributed by atoms with Crippen molar-refractivity contribution in [3.8, 4) is 0 Å². The zero-order chi connectivity index (χ0) is 9.84. The Morgan fingerprint density at radius 3 is 2.23 bits per heavy atom. The van der Waals surface area contributed by atoms with Gasteiger partial charge in [0.15, 0.2) is 0 Å². The summed E-state index contributed by atoms with van der Waals surface area (Å²) in [5.74, 6) is 0.304. The Hall–Kier alpha value is -0.370. The summed E-state index contributed by atoms with van der Waals surface area (Å²) in [5.41, 5.74) is 0. The summed E-state index contributed by atoms with van der Waals surface area (Å²) in [6.45, 7) is 7.86. The second kappa shape index (κ2) is 4.75. The lowest BCUT2D eigenvalue weighted by Crippen LogP contribution is -2.47. The maximum atomic E-state index is 10.7. The topological polar surface area (TPSA) is 20.3 Å². The molecule has 1 heterocycles. The molecule has 0 bridgehead atoms. The van der Waals surface area contributed by atoms with E-state index in [4.69, 9.17) is 0 Å². The second-order valence-electron chi connectivity index (χ2n) is 4.30. The summed E-state index contributed by atoms with van der Waals surface area (Å²) in [7, 11) is 0. The summed E-state index contributed by atoms with van der Waals surface area (Å²) >= 11 is 0. The van der Waals surface area contributed by atoms with Gasteiger partial charge >= 0.3 is 0 Å². The van der Waals surface area contributed by atoms with E-state index < -0.39 is 0 Å². The monoisotopic (exact) mass is 183 g/mol. The molecule has 1 fully saturated rings. The van der Waals surface area contributed by atoms with Crippen LogP contribution >= 0.6 is 0 Å². The Labute approximate surface area is 81.3 Å². The normalized spacial score (nSPS) is 36.1. The van der Waals surface area contributed by atoms with Crippen molar-refractivity contribution >= 4 is 6.29 Å². The van der Waals surface area contributed by atoms with Gasteiger partial charge in [0.25, 0.3) is 0 Å². The molecule has 0 amide bonds. The fourth-order valence-electron chi connectivity index (χ4n) is 2.49. The van der Waals surface area contributed by atoms with Gasteiger partial charge in [-0.15, -0.1) is 0 Å². The van der Waals surface area contributed by atoms with E-state index in [-0.39, 0.29) is 0 Å². The zero-order valence-corrected chi connectivity index (χ0v) is 8.99. The van der Waals surface area contributed by atoms with Crippen molar-refractivity contribution in [1.82, 2.24) is 4.90 Å². The first kappa shape index (κ1) is 10.7. The number of likely N-dealkylation sites (tertiary alicyclic amines) is 1. The van der Waals surface area contributed by atoms with Gasteiger partial charge in [0.05, 0.1) is 0 Å². The van der Waals surface area contributed by atoms with Crippen LogP contribution in [0.15, 0.2) is 0 Å². The number of carbonyl (C=O) groups excluding carboxylic acids is 1. The first-order valence-electron chi connectivity index (χ1n) is 5.40. The molecule has 76 valence electrons. The van der Waals surface area contributed by atoms with Crippen LogP contribution in [0, 0.1) is 5.92 Å². The van der Waals surface area contributed by atoms with E-state index in [0.717, 1.165) is 19.1 Å². The van der Waals surface area contributed by atoms with E-state index in [9.17, 15) is 4.79 Å². The van der Waals surface area contributed by atoms with E-state index in [1.54, 1.807) is 0 Å². The van der Waals surface area contributed by atoms with Crippen molar-refractivity contribution in [3.05, 3.63) is 0 Å². The molecule has 1 aliphatic heterocycles. The largest absolute Gasteiger partial charge is 0.303 e. The molecular formula is C11H21NO. The third-order valence-corrected chi connectivity index (χ3v) is 3.09. The number of nitrogens with zero attached hydrogens (tertiary/aromatic N) is 1. The molecule has 1 rings (SSSR count). The Bertz CT molecular complexity index is 157. The minimum atomic E-state index is 0.304. The molecular weight excluding hydrogens is 162 g/mol. The van der Waals surface area contributed by atoms with Gasteiger partial charge in [-0.3, -0.25) is 4.90 Å². The summed E-state index contributed by atoms with van der Waals surface area (Å²) in [6.07, 6.45) is 4.44. The zero-order valence-electron chi connectivity index (χ0n) is 8.99. The van der Waals surface area contributed by atoms with Gasteiger partial charge in [-0.2, -0.15) is 0 Å². The first-order valence-corrected chi connectivity index (χ1v) is 5.40. The van der Waals surface area contributed by atoms with Crippen LogP contribution in [0.1, 0.15) is 40.0 Å². The van der Waals surface area contributed by atoms with E-state index >= 15 is 0 Å². The Balaban J connectivity index is 2.53. The molecule has 0 aromatic heterocycles. The lowest BCUT2D eigenvalue weighted by atomic mass is 9.88. The average Bonchev–Trinajstić information content (AvgIpc) is 2.11. The fraction of sp³-hybridized carbons (Fsp3) is 0.909. The number of rotatable bonds is 3. The SMILES string of the molecule is CCCN1[C@H](C)CC(C=O)C[C@@H]1C. The summed E-state index contributed by atoms with van der Waals surface area (Å²) in [5, 5.41) is 0. The lowest BCUT2D eigenvalue weighted by Gasteiger charge is -2.41. The second-order valence-corrected chi connectivity index (χ2v) is 4.30. The van der Waals surface area contributed by atoms with Crippen LogP contribution in [0.5, 0.6) is 0 Å². The third kappa shape index (κ3) is 2.53. The number of hydrogen-bond donors (Lipinski definition) is 0. The van der Waals surface area contributed by atoms with Crippen molar-refractivity contribution in [1.29, 1.82) is 0 Å². The van der Waals surface area contributed by atoms with Crippen molar-refractivity contribution in [2.45, 2.75) is 52.1 Å². The molecule has 0 N–H and O–H groups in total. The summed E-state index contributed by atoms with van der Waals surface area (Å²) < 4.78 is 0. The highest BCUT2D eigenvalue weighted by Gasteiger charge is 2.29. The molecule has 1 saturated heterocycles. The molecule has 0 aromatic carbocycles. The molecule has 0 aromatic rings. The maximum Gasteiger partial charge on any atom is 0.123 e. The minimum absolute atomic E-state index is 0.304. The van der Waals surface area contributed by atoms with Crippen LogP contribution in [-0.2, 0) is 4.79 Å². The highest BCUT2D eigenvalue weighted by molar-refractivity contribution is 5.53. The van der Waals surface area contributed by atoms with Crippen molar-refractivity contribution in [3.63, 3.8) is 0 Å². The molecule has 0 radical (unpaired) electrons. The smallest absolute Gasteiger partial charge is 0.123 e. The Morgan fingerprint density at radius 2 is 1.85 bits per heavy atom.